The van der Waals surface area contributed by atoms with E-state index >= 15 is 0 Å². The van der Waals surface area contributed by atoms with Crippen LogP contribution in [0.1, 0.15) is 193 Å². The Kier molecular flexibility index (Phi) is 35.2. The van der Waals surface area contributed by atoms with Crippen molar-refractivity contribution in [3.63, 3.8) is 0 Å². The summed E-state index contributed by atoms with van der Waals surface area (Å²) in [5.74, 6) is 0. The number of unbranched alkanes of at least 4 members (excludes halogenated alkanes) is 29. The fourth-order valence-corrected chi connectivity index (χ4v) is 7.94. The molecule has 0 aliphatic carbocycles. The molecule has 0 aromatic carbocycles. The Morgan fingerprint density at radius 2 is 0.444 bits per heavy atom. The van der Waals surface area contributed by atoms with E-state index in [1.165, 1.54) is 167 Å². The normalized spacial score (nSPS) is 14.7. The Bertz CT molecular complexity index is 842. The van der Waals surface area contributed by atoms with Crippen LogP contribution in [0.3, 0.4) is 0 Å². The van der Waals surface area contributed by atoms with Crippen molar-refractivity contribution in [3.8, 4) is 0 Å². The highest BCUT2D eigenvalue weighted by Crippen LogP contribution is 2.44. The maximum absolute atomic E-state index is 11.9. The molecule has 10 nitrogen and oxygen atoms in total. The number of quaternary nitrogens is 2. The van der Waals surface area contributed by atoms with E-state index in [0.29, 0.717) is 35.3 Å². The minimum absolute atomic E-state index is 0.224. The van der Waals surface area contributed by atoms with E-state index in [0.717, 1.165) is 25.7 Å². The third kappa shape index (κ3) is 44.8. The van der Waals surface area contributed by atoms with Crippen LogP contribution in [-0.4, -0.2) is 101 Å². The number of nitrogens with zero attached hydrogens (tertiary/aromatic N) is 2. The van der Waals surface area contributed by atoms with Crippen LogP contribution in [0.15, 0.2) is 0 Å². The maximum Gasteiger partial charge on any atom is 0.472 e. The first-order valence-corrected chi connectivity index (χ1v) is 25.5. The van der Waals surface area contributed by atoms with E-state index in [4.69, 9.17) is 18.1 Å². The van der Waals surface area contributed by atoms with Crippen LogP contribution in [0.25, 0.3) is 0 Å². The molecule has 0 spiro atoms. The molecule has 0 bridgehead atoms. The van der Waals surface area contributed by atoms with Crippen LogP contribution in [0.5, 0.6) is 0 Å². The van der Waals surface area contributed by atoms with E-state index < -0.39 is 15.6 Å². The summed E-state index contributed by atoms with van der Waals surface area (Å²) >= 11 is 0. The van der Waals surface area contributed by atoms with E-state index in [1.54, 1.807) is 0 Å². The minimum Gasteiger partial charge on any atom is -0.329 e. The molecule has 2 unspecified atom stereocenters. The standard InChI is InChI=1S/C42H90N2O8P2/c1-43(2,3)37-41-51-53(45,46)49-39-35-33-31-29-27-25-23-21-19-17-15-13-11-9-7-8-10-12-14-16-18-20-22-24-26-28-30-32-34-36-40-50-54(47,48)52-42-38-44(4,5)6/h7-42H2,1-6H3/p+2. The molecule has 0 aliphatic rings. The first kappa shape index (κ1) is 54.1. The van der Waals surface area contributed by atoms with Gasteiger partial charge in [-0.15, -0.1) is 0 Å². The molecule has 0 saturated heterocycles. The summed E-state index contributed by atoms with van der Waals surface area (Å²) in [4.78, 5) is 19.5. The summed E-state index contributed by atoms with van der Waals surface area (Å²) in [6, 6.07) is 0. The number of phosphoric acid groups is 2. The first-order valence-electron chi connectivity index (χ1n) is 22.5. The second kappa shape index (κ2) is 35.1. The summed E-state index contributed by atoms with van der Waals surface area (Å²) in [5.41, 5.74) is 0. The van der Waals surface area contributed by atoms with Crippen LogP contribution in [-0.2, 0) is 27.2 Å². The van der Waals surface area contributed by atoms with Gasteiger partial charge < -0.3 is 18.8 Å². The Morgan fingerprint density at radius 1 is 0.296 bits per heavy atom. The molecule has 54 heavy (non-hydrogen) atoms. The zero-order valence-corrected chi connectivity index (χ0v) is 38.4. The maximum atomic E-state index is 11.9. The quantitative estimate of drug-likeness (QED) is 0.0356. The lowest BCUT2D eigenvalue weighted by atomic mass is 10.0. The summed E-state index contributed by atoms with van der Waals surface area (Å²) < 4.78 is 45.4. The molecule has 0 rings (SSSR count). The Balaban J connectivity index is 3.23. The fraction of sp³-hybridized carbons (Fsp3) is 1.00. The Hall–Kier alpha value is 0.140. The van der Waals surface area contributed by atoms with Gasteiger partial charge in [0.1, 0.15) is 26.3 Å². The molecular weight excluding hydrogens is 722 g/mol. The molecule has 0 aliphatic heterocycles. The average molecular weight is 815 g/mol. The summed E-state index contributed by atoms with van der Waals surface area (Å²) in [7, 11) is 4.30. The van der Waals surface area contributed by atoms with Crippen molar-refractivity contribution in [1.29, 1.82) is 0 Å². The van der Waals surface area contributed by atoms with Crippen LogP contribution >= 0.6 is 15.6 Å². The highest BCUT2D eigenvalue weighted by atomic mass is 31.2. The van der Waals surface area contributed by atoms with E-state index in [-0.39, 0.29) is 13.2 Å². The van der Waals surface area contributed by atoms with Crippen molar-refractivity contribution in [1.82, 2.24) is 0 Å². The van der Waals surface area contributed by atoms with Gasteiger partial charge >= 0.3 is 15.6 Å². The minimum atomic E-state index is -3.91. The predicted octanol–water partition coefficient (Wildman–Crippen LogP) is 12.4. The number of hydrogen-bond donors (Lipinski definition) is 2. The molecule has 326 valence electrons. The molecule has 0 fully saturated rings. The van der Waals surface area contributed by atoms with Gasteiger partial charge in [-0.2, -0.15) is 0 Å². The lowest BCUT2D eigenvalue weighted by Gasteiger charge is -2.24. The lowest BCUT2D eigenvalue weighted by Crippen LogP contribution is -2.37. The number of rotatable bonds is 43. The monoisotopic (exact) mass is 815 g/mol. The van der Waals surface area contributed by atoms with Crippen molar-refractivity contribution in [3.05, 3.63) is 0 Å². The second-order valence-corrected chi connectivity index (χ2v) is 20.8. The van der Waals surface area contributed by atoms with Crippen LogP contribution in [0.4, 0.5) is 0 Å². The van der Waals surface area contributed by atoms with Gasteiger partial charge in [-0.05, 0) is 12.8 Å². The molecule has 0 amide bonds. The predicted molar refractivity (Wildman–Crippen MR) is 228 cm³/mol. The van der Waals surface area contributed by atoms with Gasteiger partial charge in [-0.25, -0.2) is 9.13 Å². The van der Waals surface area contributed by atoms with Crippen LogP contribution in [0.2, 0.25) is 0 Å². The van der Waals surface area contributed by atoms with Gasteiger partial charge in [0, 0.05) is 0 Å². The van der Waals surface area contributed by atoms with Gasteiger partial charge in [-0.3, -0.25) is 18.1 Å². The van der Waals surface area contributed by atoms with Crippen molar-refractivity contribution in [2.24, 2.45) is 0 Å². The summed E-state index contributed by atoms with van der Waals surface area (Å²) in [6.07, 6.45) is 39.0. The van der Waals surface area contributed by atoms with Gasteiger partial charge in [0.15, 0.2) is 0 Å². The average Bonchev–Trinajstić information content (AvgIpc) is 3.07. The lowest BCUT2D eigenvalue weighted by molar-refractivity contribution is -0.870. The molecule has 0 heterocycles. The number of hydrogen-bond acceptors (Lipinski definition) is 6. The molecule has 2 N–H and O–H groups in total. The van der Waals surface area contributed by atoms with Crippen LogP contribution < -0.4 is 0 Å². The molecule has 0 aromatic rings. The van der Waals surface area contributed by atoms with Crippen molar-refractivity contribution < 1.29 is 46.0 Å². The Morgan fingerprint density at radius 3 is 0.611 bits per heavy atom. The second-order valence-electron chi connectivity index (χ2n) is 17.9. The third-order valence-electron chi connectivity index (χ3n) is 10.1. The highest BCUT2D eigenvalue weighted by Gasteiger charge is 2.23. The molecule has 12 heteroatoms. The zero-order valence-electron chi connectivity index (χ0n) is 36.6. The smallest absolute Gasteiger partial charge is 0.329 e. The fourth-order valence-electron chi connectivity index (χ4n) is 6.45. The number of likely N-dealkylation sites (N-methyl/N-ethyl adjacent to an activating group) is 2. The van der Waals surface area contributed by atoms with E-state index in [1.807, 2.05) is 42.3 Å². The summed E-state index contributed by atoms with van der Waals surface area (Å²) in [6.45, 7) is 2.36. The third-order valence-corrected chi connectivity index (χ3v) is 12.1. The first-order chi connectivity index (χ1) is 25.6. The topological polar surface area (TPSA) is 112 Å². The molecule has 0 aromatic heterocycles. The number of phosphoric ester groups is 2. The van der Waals surface area contributed by atoms with Crippen molar-refractivity contribution >= 4 is 15.6 Å². The van der Waals surface area contributed by atoms with Crippen molar-refractivity contribution in [2.45, 2.75) is 193 Å². The molecular formula is C42H92N2O8P2+2. The highest BCUT2D eigenvalue weighted by molar-refractivity contribution is 7.47. The van der Waals surface area contributed by atoms with Gasteiger partial charge in [0.25, 0.3) is 0 Å². The summed E-state index contributed by atoms with van der Waals surface area (Å²) in [5, 5.41) is 0. The van der Waals surface area contributed by atoms with Gasteiger partial charge in [0.05, 0.1) is 55.5 Å². The van der Waals surface area contributed by atoms with Crippen molar-refractivity contribution in [2.75, 3.05) is 81.8 Å². The molecule has 0 radical (unpaired) electrons. The van der Waals surface area contributed by atoms with E-state index in [2.05, 4.69) is 0 Å². The largest absolute Gasteiger partial charge is 0.472 e. The Labute approximate surface area is 335 Å². The zero-order chi connectivity index (χ0) is 40.3. The van der Waals surface area contributed by atoms with Gasteiger partial charge in [0.2, 0.25) is 0 Å². The van der Waals surface area contributed by atoms with Crippen LogP contribution in [0, 0.1) is 0 Å². The SMILES string of the molecule is C[N+](C)(C)CCOP(=O)(O)OCCCCCCCCCCCCCCCCCCCCCCCCCCCCCCCCOP(=O)(O)OCC[N+](C)(C)C. The molecule has 2 atom stereocenters. The van der Waals surface area contributed by atoms with E-state index in [9.17, 15) is 18.9 Å². The molecule has 0 saturated carbocycles. The van der Waals surface area contributed by atoms with Gasteiger partial charge in [-0.1, -0.05) is 180 Å².